The van der Waals surface area contributed by atoms with Crippen LogP contribution in [0, 0.1) is 6.92 Å². The fourth-order valence-corrected chi connectivity index (χ4v) is 5.57. The highest BCUT2D eigenvalue weighted by molar-refractivity contribution is 7.83. The number of nitrogens with one attached hydrogen (secondary N) is 1. The number of carbonyl (C=O) groups is 2. The maximum absolute atomic E-state index is 13.3. The van der Waals surface area contributed by atoms with E-state index in [9.17, 15) is 9.59 Å². The molecule has 0 saturated carbocycles. The van der Waals surface area contributed by atoms with E-state index in [0.717, 1.165) is 43.5 Å². The molecular formula is C28H35Cl2N5O2S. The summed E-state index contributed by atoms with van der Waals surface area (Å²) >= 11 is 16.2. The number of piperidine rings is 1. The lowest BCUT2D eigenvalue weighted by Crippen LogP contribution is -2.50. The van der Waals surface area contributed by atoms with Crippen LogP contribution in [0.25, 0.3) is 0 Å². The first-order chi connectivity index (χ1) is 18.2. The minimum atomic E-state index is -0.249. The Kier molecular flexibility index (Phi) is 11.6. The summed E-state index contributed by atoms with van der Waals surface area (Å²) in [6.07, 6.45) is 8.13. The van der Waals surface area contributed by atoms with Crippen LogP contribution in [-0.2, 0) is 11.2 Å². The highest BCUT2D eigenvalue weighted by atomic mass is 35.5. The third-order valence-corrected chi connectivity index (χ3v) is 7.50. The summed E-state index contributed by atoms with van der Waals surface area (Å²) in [6, 6.07) is 5.80. The molecule has 204 valence electrons. The van der Waals surface area contributed by atoms with E-state index in [0.29, 0.717) is 30.6 Å². The van der Waals surface area contributed by atoms with Crippen molar-refractivity contribution in [3.05, 3.63) is 81.2 Å². The average Bonchev–Trinajstić information content (AvgIpc) is 2.87. The minimum Gasteiger partial charge on any atom is -0.352 e. The molecule has 7 nitrogen and oxygen atoms in total. The molecule has 0 aliphatic carbocycles. The highest BCUT2D eigenvalue weighted by Gasteiger charge is 2.29. The normalized spacial score (nSPS) is 15.4. The Bertz CT molecular complexity index is 1130. The summed E-state index contributed by atoms with van der Waals surface area (Å²) in [6.45, 7) is 10.8. The monoisotopic (exact) mass is 575 g/mol. The Morgan fingerprint density at radius 3 is 2.61 bits per heavy atom. The molecule has 1 N–H and O–H groups in total. The molecule has 1 fully saturated rings. The summed E-state index contributed by atoms with van der Waals surface area (Å²) < 4.78 is 0. The molecule has 1 aliphatic heterocycles. The Hall–Kier alpha value is -2.39. The van der Waals surface area contributed by atoms with Crippen LogP contribution in [0.2, 0.25) is 10.3 Å². The Labute approximate surface area is 240 Å². The summed E-state index contributed by atoms with van der Waals surface area (Å²) in [7, 11) is 0. The summed E-state index contributed by atoms with van der Waals surface area (Å²) in [5.41, 5.74) is 2.85. The first-order valence-electron chi connectivity index (χ1n) is 12.7. The standard InChI is InChI=1S/C28H35Cl2N5O2S/c1-19(9-15-38)18-35(25(36)17-22-5-10-31-11-6-22)23-7-13-34(14-8-23)21(3)4-12-32-28(37)26-20(2)16-24(29)33-27(26)30/h5-6,9-11,15-16,21,23,38H,1,4,7-8,12-14,17-18H2,2-3H3,(H,32,37)/b15-9-. The van der Waals surface area contributed by atoms with Crippen molar-refractivity contribution in [3.8, 4) is 0 Å². The third-order valence-electron chi connectivity index (χ3n) is 6.89. The molecule has 1 atom stereocenters. The quantitative estimate of drug-likeness (QED) is 0.220. The van der Waals surface area contributed by atoms with Gasteiger partial charge in [-0.1, -0.05) is 35.9 Å². The van der Waals surface area contributed by atoms with E-state index in [1.54, 1.807) is 30.8 Å². The molecule has 1 aliphatic rings. The number of rotatable bonds is 11. The zero-order valence-corrected chi connectivity index (χ0v) is 24.3. The number of hydrogen-bond acceptors (Lipinski definition) is 6. The number of pyridine rings is 2. The molecule has 2 aromatic rings. The molecule has 38 heavy (non-hydrogen) atoms. The van der Waals surface area contributed by atoms with Gasteiger partial charge in [-0.15, -0.1) is 0 Å². The Morgan fingerprint density at radius 1 is 1.29 bits per heavy atom. The van der Waals surface area contributed by atoms with Crippen molar-refractivity contribution >= 4 is 47.6 Å². The SMILES string of the molecule is C=C(/C=C\S)CN(C(=O)Cc1ccncc1)C1CCN(C(C)CCNC(=O)c2c(C)cc(Cl)nc2Cl)CC1. The van der Waals surface area contributed by atoms with Crippen molar-refractivity contribution in [2.45, 2.75) is 51.6 Å². The van der Waals surface area contributed by atoms with E-state index in [1.165, 1.54) is 0 Å². The number of amides is 2. The van der Waals surface area contributed by atoms with Gasteiger partial charge in [0.15, 0.2) is 0 Å². The fraction of sp³-hybridized carbons (Fsp3) is 0.429. The molecular weight excluding hydrogens is 541 g/mol. The zero-order valence-electron chi connectivity index (χ0n) is 21.9. The van der Waals surface area contributed by atoms with Crippen LogP contribution in [-0.4, -0.2) is 69.8 Å². The van der Waals surface area contributed by atoms with Crippen LogP contribution in [0.1, 0.15) is 47.7 Å². The third kappa shape index (κ3) is 8.56. The van der Waals surface area contributed by atoms with Gasteiger partial charge in [0, 0.05) is 50.7 Å². The molecule has 0 bridgehead atoms. The van der Waals surface area contributed by atoms with Crippen molar-refractivity contribution < 1.29 is 9.59 Å². The van der Waals surface area contributed by atoms with E-state index in [1.807, 2.05) is 23.1 Å². The van der Waals surface area contributed by atoms with Gasteiger partial charge in [-0.05, 0) is 73.4 Å². The molecule has 2 amide bonds. The van der Waals surface area contributed by atoms with E-state index in [4.69, 9.17) is 23.2 Å². The van der Waals surface area contributed by atoms with Crippen LogP contribution in [0.15, 0.2) is 54.2 Å². The second-order valence-corrected chi connectivity index (χ2v) is 10.7. The number of halogens is 2. The van der Waals surface area contributed by atoms with Crippen LogP contribution >= 0.6 is 35.8 Å². The smallest absolute Gasteiger partial charge is 0.254 e. The summed E-state index contributed by atoms with van der Waals surface area (Å²) in [5.74, 6) is -0.161. The second-order valence-electron chi connectivity index (χ2n) is 9.62. The van der Waals surface area contributed by atoms with Gasteiger partial charge in [-0.25, -0.2) is 4.98 Å². The van der Waals surface area contributed by atoms with Crippen LogP contribution in [0.5, 0.6) is 0 Å². The van der Waals surface area contributed by atoms with Crippen LogP contribution < -0.4 is 5.32 Å². The molecule has 1 saturated heterocycles. The molecule has 0 aromatic carbocycles. The number of aryl methyl sites for hydroxylation is 1. The second kappa shape index (κ2) is 14.7. The summed E-state index contributed by atoms with van der Waals surface area (Å²) in [5, 5.41) is 4.98. The summed E-state index contributed by atoms with van der Waals surface area (Å²) in [4.78, 5) is 38.4. The molecule has 3 rings (SSSR count). The van der Waals surface area contributed by atoms with E-state index in [-0.39, 0.29) is 34.2 Å². The number of likely N-dealkylation sites (tertiary alicyclic amines) is 1. The van der Waals surface area contributed by atoms with Crippen molar-refractivity contribution in [1.29, 1.82) is 0 Å². The predicted molar refractivity (Wildman–Crippen MR) is 157 cm³/mol. The minimum absolute atomic E-state index is 0.0877. The molecule has 2 aromatic heterocycles. The largest absolute Gasteiger partial charge is 0.352 e. The van der Waals surface area contributed by atoms with Crippen molar-refractivity contribution in [1.82, 2.24) is 25.1 Å². The van der Waals surface area contributed by atoms with Crippen molar-refractivity contribution in [2.75, 3.05) is 26.2 Å². The first kappa shape index (κ1) is 30.2. The zero-order chi connectivity index (χ0) is 27.7. The lowest BCUT2D eigenvalue weighted by molar-refractivity contribution is -0.133. The fourth-order valence-electron chi connectivity index (χ4n) is 4.75. The van der Waals surface area contributed by atoms with Gasteiger partial charge in [-0.3, -0.25) is 14.6 Å². The molecule has 1 unspecified atom stereocenters. The maximum atomic E-state index is 13.3. The highest BCUT2D eigenvalue weighted by Crippen LogP contribution is 2.23. The number of hydrogen-bond donors (Lipinski definition) is 2. The van der Waals surface area contributed by atoms with E-state index < -0.39 is 0 Å². The lowest BCUT2D eigenvalue weighted by atomic mass is 9.99. The molecule has 0 spiro atoms. The van der Waals surface area contributed by atoms with E-state index in [2.05, 4.69) is 46.3 Å². The number of aromatic nitrogens is 2. The van der Waals surface area contributed by atoms with Gasteiger partial charge < -0.3 is 15.1 Å². The van der Waals surface area contributed by atoms with Crippen molar-refractivity contribution in [3.63, 3.8) is 0 Å². The van der Waals surface area contributed by atoms with Crippen molar-refractivity contribution in [2.24, 2.45) is 0 Å². The average molecular weight is 577 g/mol. The predicted octanol–water partition coefficient (Wildman–Crippen LogP) is 5.14. The Balaban J connectivity index is 1.53. The first-order valence-corrected chi connectivity index (χ1v) is 14.0. The number of carbonyl (C=O) groups excluding carboxylic acids is 2. The maximum Gasteiger partial charge on any atom is 0.254 e. The van der Waals surface area contributed by atoms with Gasteiger partial charge in [-0.2, -0.15) is 12.6 Å². The van der Waals surface area contributed by atoms with Gasteiger partial charge >= 0.3 is 0 Å². The van der Waals surface area contributed by atoms with Gasteiger partial charge in [0.2, 0.25) is 5.91 Å². The Morgan fingerprint density at radius 2 is 1.97 bits per heavy atom. The lowest BCUT2D eigenvalue weighted by Gasteiger charge is -2.41. The van der Waals surface area contributed by atoms with Gasteiger partial charge in [0.25, 0.3) is 5.91 Å². The van der Waals surface area contributed by atoms with Gasteiger partial charge in [0.05, 0.1) is 12.0 Å². The number of thiol groups is 1. The topological polar surface area (TPSA) is 78.4 Å². The molecule has 3 heterocycles. The van der Waals surface area contributed by atoms with Crippen LogP contribution in [0.3, 0.4) is 0 Å². The van der Waals surface area contributed by atoms with Gasteiger partial charge in [0.1, 0.15) is 10.3 Å². The molecule has 10 heteroatoms. The molecule has 0 radical (unpaired) electrons. The number of nitrogens with zero attached hydrogens (tertiary/aromatic N) is 4. The van der Waals surface area contributed by atoms with Crippen LogP contribution in [0.4, 0.5) is 0 Å². The van der Waals surface area contributed by atoms with E-state index >= 15 is 0 Å².